The van der Waals surface area contributed by atoms with E-state index in [1.807, 2.05) is 6.07 Å². The summed E-state index contributed by atoms with van der Waals surface area (Å²) >= 11 is 0. The van der Waals surface area contributed by atoms with Gasteiger partial charge in [-0.2, -0.15) is 5.26 Å². The molecule has 1 fully saturated rings. The van der Waals surface area contributed by atoms with Crippen LogP contribution in [0.5, 0.6) is 0 Å². The van der Waals surface area contributed by atoms with Gasteiger partial charge >= 0.3 is 0 Å². The highest BCUT2D eigenvalue weighted by molar-refractivity contribution is 5.64. The summed E-state index contributed by atoms with van der Waals surface area (Å²) in [5, 5.41) is 23.1. The first kappa shape index (κ1) is 14.3. The van der Waals surface area contributed by atoms with Crippen LogP contribution >= 0.6 is 0 Å². The fourth-order valence-electron chi connectivity index (χ4n) is 2.96. The Morgan fingerprint density at radius 1 is 1.45 bits per heavy atom. The predicted octanol–water partition coefficient (Wildman–Crippen LogP) is 3.85. The van der Waals surface area contributed by atoms with E-state index < -0.39 is 4.92 Å². The minimum atomic E-state index is -0.434. The molecular formula is C15H19N3O2. The van der Waals surface area contributed by atoms with Gasteiger partial charge in [0, 0.05) is 12.6 Å². The molecule has 2 rings (SSSR count). The Hall–Kier alpha value is -2.09. The van der Waals surface area contributed by atoms with Gasteiger partial charge in [0.25, 0.3) is 5.69 Å². The van der Waals surface area contributed by atoms with Crippen LogP contribution in [0, 0.1) is 26.9 Å². The first-order valence-electron chi connectivity index (χ1n) is 7.03. The van der Waals surface area contributed by atoms with Crippen molar-refractivity contribution in [2.45, 2.75) is 39.0 Å². The summed E-state index contributed by atoms with van der Waals surface area (Å²) in [4.78, 5) is 10.7. The third-order valence-corrected chi connectivity index (χ3v) is 4.39. The normalized spacial score (nSPS) is 16.6. The number of hydrogen-bond acceptors (Lipinski definition) is 4. The average Bonchev–Trinajstić information content (AvgIpc) is 2.94. The molecule has 5 heteroatoms. The SMILES string of the molecule is CCC1(CNc2ccc(C#N)cc2[N+](=O)[O-])CCCC1. The van der Waals surface area contributed by atoms with Gasteiger partial charge in [0.1, 0.15) is 5.69 Å². The zero-order valence-electron chi connectivity index (χ0n) is 11.7. The smallest absolute Gasteiger partial charge is 0.293 e. The second-order valence-corrected chi connectivity index (χ2v) is 5.52. The van der Waals surface area contributed by atoms with Crippen LogP contribution < -0.4 is 5.32 Å². The molecule has 0 spiro atoms. The minimum absolute atomic E-state index is 0.0201. The topological polar surface area (TPSA) is 79.0 Å². The van der Waals surface area contributed by atoms with Crippen molar-refractivity contribution in [1.29, 1.82) is 5.26 Å². The van der Waals surface area contributed by atoms with E-state index in [9.17, 15) is 10.1 Å². The number of nitro groups is 1. The van der Waals surface area contributed by atoms with Crippen molar-refractivity contribution < 1.29 is 4.92 Å². The van der Waals surface area contributed by atoms with Gasteiger partial charge in [-0.05, 0) is 36.8 Å². The summed E-state index contributed by atoms with van der Waals surface area (Å²) < 4.78 is 0. The molecule has 0 radical (unpaired) electrons. The Kier molecular flexibility index (Phi) is 4.23. The summed E-state index contributed by atoms with van der Waals surface area (Å²) in [6, 6.07) is 6.51. The lowest BCUT2D eigenvalue weighted by Crippen LogP contribution is -2.26. The Morgan fingerprint density at radius 2 is 2.15 bits per heavy atom. The summed E-state index contributed by atoms with van der Waals surface area (Å²) in [5.74, 6) is 0. The van der Waals surface area contributed by atoms with Crippen LogP contribution in [0.25, 0.3) is 0 Å². The van der Waals surface area contributed by atoms with Gasteiger partial charge in [0.2, 0.25) is 0 Å². The van der Waals surface area contributed by atoms with E-state index in [0.717, 1.165) is 13.0 Å². The summed E-state index contributed by atoms with van der Waals surface area (Å²) in [6.07, 6.45) is 5.93. The van der Waals surface area contributed by atoms with Crippen molar-refractivity contribution in [3.63, 3.8) is 0 Å². The average molecular weight is 273 g/mol. The van der Waals surface area contributed by atoms with Crippen molar-refractivity contribution >= 4 is 11.4 Å². The molecule has 20 heavy (non-hydrogen) atoms. The standard InChI is InChI=1S/C15H19N3O2/c1-2-15(7-3-4-8-15)11-17-13-6-5-12(10-16)9-14(13)18(19)20/h5-6,9,17H,2-4,7-8,11H2,1H3. The Morgan fingerprint density at radius 3 is 2.70 bits per heavy atom. The maximum Gasteiger partial charge on any atom is 0.293 e. The second-order valence-electron chi connectivity index (χ2n) is 5.52. The van der Waals surface area contributed by atoms with Gasteiger partial charge in [-0.25, -0.2) is 0 Å². The number of rotatable bonds is 5. The first-order chi connectivity index (χ1) is 9.60. The van der Waals surface area contributed by atoms with Crippen molar-refractivity contribution in [1.82, 2.24) is 0 Å². The van der Waals surface area contributed by atoms with E-state index in [2.05, 4.69) is 12.2 Å². The van der Waals surface area contributed by atoms with Crippen molar-refractivity contribution in [3.8, 4) is 6.07 Å². The van der Waals surface area contributed by atoms with Gasteiger partial charge in [-0.1, -0.05) is 19.8 Å². The molecule has 0 atom stereocenters. The number of benzene rings is 1. The second kappa shape index (κ2) is 5.91. The van der Waals surface area contributed by atoms with E-state index in [1.54, 1.807) is 12.1 Å². The summed E-state index contributed by atoms with van der Waals surface area (Å²) in [6.45, 7) is 2.94. The largest absolute Gasteiger partial charge is 0.379 e. The molecule has 1 aliphatic carbocycles. The highest BCUT2D eigenvalue weighted by atomic mass is 16.6. The monoisotopic (exact) mass is 273 g/mol. The molecule has 0 amide bonds. The van der Waals surface area contributed by atoms with Crippen LogP contribution in [-0.2, 0) is 0 Å². The molecule has 1 aromatic carbocycles. The van der Waals surface area contributed by atoms with Gasteiger partial charge in [0.15, 0.2) is 0 Å². The number of nitrogens with zero attached hydrogens (tertiary/aromatic N) is 2. The third kappa shape index (κ3) is 2.90. The van der Waals surface area contributed by atoms with Crippen LogP contribution in [-0.4, -0.2) is 11.5 Å². The molecule has 0 aliphatic heterocycles. The molecule has 0 unspecified atom stereocenters. The predicted molar refractivity (Wildman–Crippen MR) is 77.5 cm³/mol. The minimum Gasteiger partial charge on any atom is -0.379 e. The van der Waals surface area contributed by atoms with Crippen LogP contribution in [0.2, 0.25) is 0 Å². The molecule has 1 N–H and O–H groups in total. The highest BCUT2D eigenvalue weighted by Crippen LogP contribution is 2.41. The van der Waals surface area contributed by atoms with E-state index in [0.29, 0.717) is 11.3 Å². The summed E-state index contributed by atoms with van der Waals surface area (Å²) in [7, 11) is 0. The zero-order valence-corrected chi connectivity index (χ0v) is 11.7. The molecule has 0 saturated heterocycles. The molecule has 0 bridgehead atoms. The van der Waals surface area contributed by atoms with Crippen LogP contribution in [0.1, 0.15) is 44.6 Å². The van der Waals surface area contributed by atoms with E-state index >= 15 is 0 Å². The maximum absolute atomic E-state index is 11.1. The van der Waals surface area contributed by atoms with Crippen molar-refractivity contribution in [2.24, 2.45) is 5.41 Å². The number of nitro benzene ring substituents is 1. The molecule has 5 nitrogen and oxygen atoms in total. The van der Waals surface area contributed by atoms with Crippen molar-refractivity contribution in [2.75, 3.05) is 11.9 Å². The van der Waals surface area contributed by atoms with Crippen molar-refractivity contribution in [3.05, 3.63) is 33.9 Å². The maximum atomic E-state index is 11.1. The van der Waals surface area contributed by atoms with Crippen LogP contribution in [0.15, 0.2) is 18.2 Å². The molecule has 1 aliphatic rings. The molecular weight excluding hydrogens is 254 g/mol. The fourth-order valence-corrected chi connectivity index (χ4v) is 2.96. The number of nitriles is 1. The van der Waals surface area contributed by atoms with Gasteiger partial charge in [0.05, 0.1) is 16.6 Å². The lowest BCUT2D eigenvalue weighted by Gasteiger charge is -2.28. The highest BCUT2D eigenvalue weighted by Gasteiger charge is 2.32. The number of hydrogen-bond donors (Lipinski definition) is 1. The van der Waals surface area contributed by atoms with Gasteiger partial charge < -0.3 is 5.32 Å². The first-order valence-corrected chi connectivity index (χ1v) is 7.03. The van der Waals surface area contributed by atoms with E-state index in [-0.39, 0.29) is 11.1 Å². The van der Waals surface area contributed by atoms with Crippen LogP contribution in [0.4, 0.5) is 11.4 Å². The Balaban J connectivity index is 2.17. The Bertz CT molecular complexity index is 543. The van der Waals surface area contributed by atoms with E-state index in [1.165, 1.54) is 31.7 Å². The molecule has 1 saturated carbocycles. The molecule has 0 aromatic heterocycles. The van der Waals surface area contributed by atoms with Gasteiger partial charge in [-0.15, -0.1) is 0 Å². The molecule has 106 valence electrons. The fraction of sp³-hybridized carbons (Fsp3) is 0.533. The summed E-state index contributed by atoms with van der Waals surface area (Å²) in [5.41, 5.74) is 1.07. The third-order valence-electron chi connectivity index (χ3n) is 4.39. The van der Waals surface area contributed by atoms with Crippen LogP contribution in [0.3, 0.4) is 0 Å². The lowest BCUT2D eigenvalue weighted by atomic mass is 9.83. The zero-order chi connectivity index (χ0) is 14.6. The lowest BCUT2D eigenvalue weighted by molar-refractivity contribution is -0.384. The van der Waals surface area contributed by atoms with Gasteiger partial charge in [-0.3, -0.25) is 10.1 Å². The quantitative estimate of drug-likeness (QED) is 0.652. The molecule has 1 aromatic rings. The van der Waals surface area contributed by atoms with E-state index in [4.69, 9.17) is 5.26 Å². The molecule has 0 heterocycles. The Labute approximate surface area is 118 Å². The number of anilines is 1. The number of nitrogens with one attached hydrogen (secondary N) is 1.